The number of carbonyl (C=O) groups is 1. The summed E-state index contributed by atoms with van der Waals surface area (Å²) in [4.78, 5) is 18.4. The fourth-order valence-electron chi connectivity index (χ4n) is 1.45. The van der Waals surface area contributed by atoms with Gasteiger partial charge >= 0.3 is 5.97 Å². The molecular formula is C10H11N3O2. The summed E-state index contributed by atoms with van der Waals surface area (Å²) in [5.41, 5.74) is 7.89. The highest BCUT2D eigenvalue weighted by atomic mass is 16.5. The molecule has 0 atom stereocenters. The fourth-order valence-corrected chi connectivity index (χ4v) is 1.45. The van der Waals surface area contributed by atoms with E-state index < -0.39 is 5.97 Å². The van der Waals surface area contributed by atoms with Crippen molar-refractivity contribution in [1.29, 1.82) is 0 Å². The summed E-state index contributed by atoms with van der Waals surface area (Å²) in [7, 11) is 1.31. The van der Waals surface area contributed by atoms with Crippen LogP contribution in [0.3, 0.4) is 0 Å². The third kappa shape index (κ3) is 1.41. The standard InChI is InChI=1S/C10H11N3O2/c1-5-3-4-6-7(11)8(10(14)15-2)13-9(6)12-5/h3-4H,11H2,1-2H3,(H,12,13). The van der Waals surface area contributed by atoms with Crippen LogP contribution in [0.5, 0.6) is 0 Å². The fraction of sp³-hybridized carbons (Fsp3) is 0.200. The van der Waals surface area contributed by atoms with Crippen molar-refractivity contribution in [3.05, 3.63) is 23.5 Å². The van der Waals surface area contributed by atoms with Gasteiger partial charge in [0.1, 0.15) is 5.65 Å². The Kier molecular flexibility index (Phi) is 2.07. The molecule has 0 fully saturated rings. The first kappa shape index (κ1) is 9.51. The van der Waals surface area contributed by atoms with Gasteiger partial charge in [0, 0.05) is 11.1 Å². The van der Waals surface area contributed by atoms with Crippen LogP contribution in [0.25, 0.3) is 11.0 Å². The van der Waals surface area contributed by atoms with Crippen LogP contribution in [0, 0.1) is 6.92 Å². The maximum atomic E-state index is 11.3. The molecule has 0 aliphatic rings. The molecule has 0 aromatic carbocycles. The van der Waals surface area contributed by atoms with E-state index in [-0.39, 0.29) is 5.69 Å². The minimum Gasteiger partial charge on any atom is -0.464 e. The number of aromatic nitrogens is 2. The largest absolute Gasteiger partial charge is 0.464 e. The summed E-state index contributed by atoms with van der Waals surface area (Å²) in [6.07, 6.45) is 0. The third-order valence-corrected chi connectivity index (χ3v) is 2.23. The Balaban J connectivity index is 2.69. The molecule has 2 rings (SSSR count). The molecular weight excluding hydrogens is 194 g/mol. The van der Waals surface area contributed by atoms with E-state index in [0.29, 0.717) is 11.3 Å². The molecule has 5 nitrogen and oxygen atoms in total. The molecule has 0 aliphatic heterocycles. The number of rotatable bonds is 1. The van der Waals surface area contributed by atoms with Gasteiger partial charge in [-0.05, 0) is 19.1 Å². The summed E-state index contributed by atoms with van der Waals surface area (Å²) in [5.74, 6) is -0.483. The van der Waals surface area contributed by atoms with Crippen molar-refractivity contribution < 1.29 is 9.53 Å². The number of nitrogens with one attached hydrogen (secondary N) is 1. The number of nitrogens with two attached hydrogens (primary N) is 1. The first-order valence-corrected chi connectivity index (χ1v) is 4.46. The predicted molar refractivity (Wildman–Crippen MR) is 56.6 cm³/mol. The molecule has 3 N–H and O–H groups in total. The van der Waals surface area contributed by atoms with E-state index in [2.05, 4.69) is 14.7 Å². The Morgan fingerprint density at radius 1 is 1.53 bits per heavy atom. The van der Waals surface area contributed by atoms with Gasteiger partial charge in [-0.3, -0.25) is 0 Å². The highest BCUT2D eigenvalue weighted by Gasteiger charge is 2.16. The van der Waals surface area contributed by atoms with E-state index in [1.54, 1.807) is 0 Å². The van der Waals surface area contributed by atoms with Crippen LogP contribution in [0.2, 0.25) is 0 Å². The number of pyridine rings is 1. The zero-order valence-corrected chi connectivity index (χ0v) is 8.50. The van der Waals surface area contributed by atoms with Gasteiger partial charge in [-0.25, -0.2) is 9.78 Å². The quantitative estimate of drug-likeness (QED) is 0.686. The van der Waals surface area contributed by atoms with E-state index in [1.807, 2.05) is 19.1 Å². The number of hydrogen-bond acceptors (Lipinski definition) is 4. The maximum absolute atomic E-state index is 11.3. The number of aromatic amines is 1. The van der Waals surface area contributed by atoms with Gasteiger partial charge < -0.3 is 15.5 Å². The van der Waals surface area contributed by atoms with Crippen molar-refractivity contribution in [3.8, 4) is 0 Å². The summed E-state index contributed by atoms with van der Waals surface area (Å²) < 4.78 is 4.60. The second-order valence-corrected chi connectivity index (χ2v) is 3.25. The van der Waals surface area contributed by atoms with Crippen LogP contribution in [0.15, 0.2) is 12.1 Å². The highest BCUT2D eigenvalue weighted by molar-refractivity contribution is 6.04. The number of carbonyl (C=O) groups excluding carboxylic acids is 1. The molecule has 15 heavy (non-hydrogen) atoms. The minimum absolute atomic E-state index is 0.255. The highest BCUT2D eigenvalue weighted by Crippen LogP contribution is 2.23. The number of nitrogens with zero attached hydrogens (tertiary/aromatic N) is 1. The van der Waals surface area contributed by atoms with Crippen LogP contribution in [-0.2, 0) is 4.74 Å². The monoisotopic (exact) mass is 205 g/mol. The molecule has 78 valence electrons. The van der Waals surface area contributed by atoms with Crippen LogP contribution in [-0.4, -0.2) is 23.0 Å². The topological polar surface area (TPSA) is 81.0 Å². The first-order valence-electron chi connectivity index (χ1n) is 4.46. The summed E-state index contributed by atoms with van der Waals surface area (Å²) in [6.45, 7) is 1.87. The Hall–Kier alpha value is -2.04. The normalized spacial score (nSPS) is 10.5. The lowest BCUT2D eigenvalue weighted by atomic mass is 10.2. The number of anilines is 1. The molecule has 0 radical (unpaired) electrons. The second kappa shape index (κ2) is 3.27. The number of aryl methyl sites for hydroxylation is 1. The van der Waals surface area contributed by atoms with E-state index in [1.165, 1.54) is 7.11 Å². The van der Waals surface area contributed by atoms with Crippen molar-refractivity contribution >= 4 is 22.7 Å². The van der Waals surface area contributed by atoms with Gasteiger partial charge in [-0.1, -0.05) is 0 Å². The molecule has 0 aliphatic carbocycles. The average molecular weight is 205 g/mol. The molecule has 0 saturated heterocycles. The van der Waals surface area contributed by atoms with Crippen molar-refractivity contribution in [2.45, 2.75) is 6.92 Å². The molecule has 0 unspecified atom stereocenters. The zero-order chi connectivity index (χ0) is 11.0. The Labute approximate surface area is 86.3 Å². The molecule has 0 bridgehead atoms. The van der Waals surface area contributed by atoms with Gasteiger partial charge in [0.05, 0.1) is 12.8 Å². The van der Waals surface area contributed by atoms with Crippen LogP contribution >= 0.6 is 0 Å². The number of H-pyrrole nitrogens is 1. The van der Waals surface area contributed by atoms with Gasteiger partial charge in [0.2, 0.25) is 0 Å². The van der Waals surface area contributed by atoms with E-state index in [4.69, 9.17) is 5.73 Å². The molecule has 0 spiro atoms. The molecule has 0 amide bonds. The Bertz CT molecular complexity index is 531. The lowest BCUT2D eigenvalue weighted by Crippen LogP contribution is -2.04. The van der Waals surface area contributed by atoms with E-state index in [0.717, 1.165) is 11.1 Å². The molecule has 2 heterocycles. The third-order valence-electron chi connectivity index (χ3n) is 2.23. The van der Waals surface area contributed by atoms with E-state index >= 15 is 0 Å². The lowest BCUT2D eigenvalue weighted by Gasteiger charge is -1.95. The molecule has 2 aromatic rings. The number of hydrogen-bond donors (Lipinski definition) is 2. The second-order valence-electron chi connectivity index (χ2n) is 3.25. The van der Waals surface area contributed by atoms with Crippen LogP contribution in [0.1, 0.15) is 16.2 Å². The number of esters is 1. The number of fused-ring (bicyclic) bond motifs is 1. The lowest BCUT2D eigenvalue weighted by molar-refractivity contribution is 0.0596. The summed E-state index contributed by atoms with van der Waals surface area (Å²) in [5, 5.41) is 0.737. The van der Waals surface area contributed by atoms with E-state index in [9.17, 15) is 4.79 Å². The number of methoxy groups -OCH3 is 1. The van der Waals surface area contributed by atoms with Crippen molar-refractivity contribution in [2.75, 3.05) is 12.8 Å². The number of nitrogen functional groups attached to an aromatic ring is 1. The van der Waals surface area contributed by atoms with Crippen LogP contribution in [0.4, 0.5) is 5.69 Å². The first-order chi connectivity index (χ1) is 7.13. The molecule has 0 saturated carbocycles. The summed E-state index contributed by atoms with van der Waals surface area (Å²) >= 11 is 0. The van der Waals surface area contributed by atoms with Crippen LogP contribution < -0.4 is 5.73 Å². The van der Waals surface area contributed by atoms with Crippen molar-refractivity contribution in [3.63, 3.8) is 0 Å². The average Bonchev–Trinajstić information content (AvgIpc) is 2.54. The van der Waals surface area contributed by atoms with Crippen molar-refractivity contribution in [2.24, 2.45) is 0 Å². The minimum atomic E-state index is -0.483. The van der Waals surface area contributed by atoms with Crippen molar-refractivity contribution in [1.82, 2.24) is 9.97 Å². The predicted octanol–water partition coefficient (Wildman–Crippen LogP) is 1.24. The van der Waals surface area contributed by atoms with Gasteiger partial charge in [-0.2, -0.15) is 0 Å². The zero-order valence-electron chi connectivity index (χ0n) is 8.50. The smallest absolute Gasteiger partial charge is 0.356 e. The molecule has 5 heteroatoms. The number of ether oxygens (including phenoxy) is 1. The van der Waals surface area contributed by atoms with Gasteiger partial charge in [0.15, 0.2) is 5.69 Å². The molecule has 2 aromatic heterocycles. The van der Waals surface area contributed by atoms with Gasteiger partial charge in [-0.15, -0.1) is 0 Å². The van der Waals surface area contributed by atoms with Gasteiger partial charge in [0.25, 0.3) is 0 Å². The summed E-state index contributed by atoms with van der Waals surface area (Å²) in [6, 6.07) is 3.67. The SMILES string of the molecule is COC(=O)c1[nH]c2nc(C)ccc2c1N. The Morgan fingerprint density at radius 3 is 2.93 bits per heavy atom. The maximum Gasteiger partial charge on any atom is 0.356 e. The Morgan fingerprint density at radius 2 is 2.27 bits per heavy atom.